The van der Waals surface area contributed by atoms with Crippen molar-refractivity contribution in [1.82, 2.24) is 0 Å². The van der Waals surface area contributed by atoms with Gasteiger partial charge in [-0.25, -0.2) is 8.42 Å². The van der Waals surface area contributed by atoms with Crippen LogP contribution < -0.4 is 5.32 Å². The van der Waals surface area contributed by atoms with E-state index in [1.54, 1.807) is 18.2 Å². The quantitative estimate of drug-likeness (QED) is 0.804. The number of aryl methyl sites for hydroxylation is 1. The second kappa shape index (κ2) is 5.91. The predicted octanol–water partition coefficient (Wildman–Crippen LogP) is 4.13. The van der Waals surface area contributed by atoms with Crippen LogP contribution in [-0.4, -0.2) is 14.7 Å². The molecule has 1 aromatic heterocycles. The molecule has 0 atom stereocenters. The van der Waals surface area contributed by atoms with Gasteiger partial charge in [-0.15, -0.1) is 0 Å². The highest BCUT2D eigenvalue weighted by molar-refractivity contribution is 9.13. The van der Waals surface area contributed by atoms with Crippen molar-refractivity contribution in [3.8, 4) is 0 Å². The number of anilines is 1. The lowest BCUT2D eigenvalue weighted by molar-refractivity contribution is 0.494. The minimum atomic E-state index is -3.21. The molecule has 2 rings (SSSR count). The number of benzene rings is 1. The molecular weight excluding hydrogens is 410 g/mol. The molecule has 0 spiro atoms. The van der Waals surface area contributed by atoms with Gasteiger partial charge in [-0.3, -0.25) is 0 Å². The fourth-order valence-electron chi connectivity index (χ4n) is 1.68. The minimum Gasteiger partial charge on any atom is -0.451 e. The minimum absolute atomic E-state index is 0.299. The van der Waals surface area contributed by atoms with E-state index < -0.39 is 9.84 Å². The van der Waals surface area contributed by atoms with Crippen molar-refractivity contribution in [2.45, 2.75) is 18.4 Å². The average molecular weight is 423 g/mol. The molecule has 0 unspecified atom stereocenters. The largest absolute Gasteiger partial charge is 0.451 e. The molecule has 0 aliphatic rings. The average Bonchev–Trinajstić information content (AvgIpc) is 2.66. The second-order valence-electron chi connectivity index (χ2n) is 4.44. The summed E-state index contributed by atoms with van der Waals surface area (Å²) in [5.41, 5.74) is 1.75. The van der Waals surface area contributed by atoms with Crippen molar-refractivity contribution in [1.29, 1.82) is 0 Å². The molecule has 0 amide bonds. The van der Waals surface area contributed by atoms with E-state index >= 15 is 0 Å². The molecule has 108 valence electrons. The summed E-state index contributed by atoms with van der Waals surface area (Å²) in [6.45, 7) is 2.39. The van der Waals surface area contributed by atoms with Crippen molar-refractivity contribution in [2.24, 2.45) is 0 Å². The van der Waals surface area contributed by atoms with Crippen LogP contribution in [0.5, 0.6) is 0 Å². The van der Waals surface area contributed by atoms with Gasteiger partial charge in [0, 0.05) is 11.9 Å². The van der Waals surface area contributed by atoms with Crippen LogP contribution in [0.3, 0.4) is 0 Å². The van der Waals surface area contributed by atoms with E-state index in [1.807, 2.05) is 13.0 Å². The lowest BCUT2D eigenvalue weighted by Gasteiger charge is -2.10. The maximum Gasteiger partial charge on any atom is 0.183 e. The van der Waals surface area contributed by atoms with Crippen LogP contribution in [0.2, 0.25) is 0 Å². The molecule has 4 nitrogen and oxygen atoms in total. The third-order valence-electron chi connectivity index (χ3n) is 2.79. The van der Waals surface area contributed by atoms with Crippen LogP contribution >= 0.6 is 31.9 Å². The summed E-state index contributed by atoms with van der Waals surface area (Å²) in [5.74, 6) is 0.743. The fourth-order valence-corrected chi connectivity index (χ4v) is 2.99. The number of furan rings is 1. The predicted molar refractivity (Wildman–Crippen MR) is 85.7 cm³/mol. The van der Waals surface area contributed by atoms with Crippen LogP contribution in [0, 0.1) is 6.92 Å². The van der Waals surface area contributed by atoms with Crippen molar-refractivity contribution >= 4 is 47.4 Å². The zero-order chi connectivity index (χ0) is 14.9. The number of sulfone groups is 1. The molecule has 0 bridgehead atoms. The van der Waals surface area contributed by atoms with Crippen LogP contribution in [0.4, 0.5) is 5.69 Å². The maximum atomic E-state index is 11.6. The number of hydrogen-bond donors (Lipinski definition) is 1. The third kappa shape index (κ3) is 3.65. The highest BCUT2D eigenvalue weighted by atomic mass is 79.9. The Morgan fingerprint density at radius 2 is 1.95 bits per heavy atom. The van der Waals surface area contributed by atoms with E-state index in [4.69, 9.17) is 4.42 Å². The molecular formula is C13H13Br2NO3S. The summed E-state index contributed by atoms with van der Waals surface area (Å²) in [6.07, 6.45) is 1.20. The number of halogens is 2. The summed E-state index contributed by atoms with van der Waals surface area (Å²) in [4.78, 5) is 0.299. The Balaban J connectivity index is 2.21. The number of rotatable bonds is 4. The third-order valence-corrected chi connectivity index (χ3v) is 5.61. The summed E-state index contributed by atoms with van der Waals surface area (Å²) in [7, 11) is -3.21. The lowest BCUT2D eigenvalue weighted by Crippen LogP contribution is -2.03. The van der Waals surface area contributed by atoms with Crippen molar-refractivity contribution in [3.05, 3.63) is 44.7 Å². The SMILES string of the molecule is Cc1ccc(S(C)(=O)=O)cc1NCc1cc(Br)c(Br)o1. The standard InChI is InChI=1S/C13H13Br2NO3S/c1-8-3-4-10(20(2,17)18)6-12(8)16-7-9-5-11(14)13(15)19-9/h3-6,16H,7H2,1-2H3. The number of nitrogens with one attached hydrogen (secondary N) is 1. The lowest BCUT2D eigenvalue weighted by atomic mass is 10.2. The van der Waals surface area contributed by atoms with Crippen molar-refractivity contribution in [3.63, 3.8) is 0 Å². The molecule has 7 heteroatoms. The van der Waals surface area contributed by atoms with Crippen LogP contribution in [0.25, 0.3) is 0 Å². The van der Waals surface area contributed by atoms with E-state index in [9.17, 15) is 8.42 Å². The summed E-state index contributed by atoms with van der Waals surface area (Å²) in [5, 5.41) is 3.18. The molecule has 0 aliphatic carbocycles. The normalized spacial score (nSPS) is 11.6. The zero-order valence-corrected chi connectivity index (χ0v) is 14.9. The summed E-state index contributed by atoms with van der Waals surface area (Å²) >= 11 is 6.62. The smallest absolute Gasteiger partial charge is 0.183 e. The second-order valence-corrected chi connectivity index (χ2v) is 8.03. The Morgan fingerprint density at radius 1 is 1.25 bits per heavy atom. The number of hydrogen-bond acceptors (Lipinski definition) is 4. The zero-order valence-electron chi connectivity index (χ0n) is 10.9. The topological polar surface area (TPSA) is 59.3 Å². The van der Waals surface area contributed by atoms with Gasteiger partial charge in [0.05, 0.1) is 15.9 Å². The van der Waals surface area contributed by atoms with Gasteiger partial charge in [0.2, 0.25) is 0 Å². The highest BCUT2D eigenvalue weighted by Crippen LogP contribution is 2.27. The van der Waals surface area contributed by atoms with Gasteiger partial charge in [-0.1, -0.05) is 6.07 Å². The van der Waals surface area contributed by atoms with E-state index in [2.05, 4.69) is 37.2 Å². The fraction of sp³-hybridized carbons (Fsp3) is 0.231. The van der Waals surface area contributed by atoms with E-state index in [0.717, 1.165) is 21.5 Å². The molecule has 0 saturated carbocycles. The first kappa shape index (κ1) is 15.6. The Morgan fingerprint density at radius 3 is 2.50 bits per heavy atom. The monoisotopic (exact) mass is 421 g/mol. The summed E-state index contributed by atoms with van der Waals surface area (Å²) in [6, 6.07) is 6.88. The van der Waals surface area contributed by atoms with Crippen molar-refractivity contribution in [2.75, 3.05) is 11.6 Å². The molecule has 1 aromatic carbocycles. The van der Waals surface area contributed by atoms with E-state index in [-0.39, 0.29) is 0 Å². The first-order valence-electron chi connectivity index (χ1n) is 5.75. The van der Waals surface area contributed by atoms with Crippen LogP contribution in [0.1, 0.15) is 11.3 Å². The van der Waals surface area contributed by atoms with Gasteiger partial charge in [0.25, 0.3) is 0 Å². The van der Waals surface area contributed by atoms with E-state index in [0.29, 0.717) is 16.1 Å². The molecule has 20 heavy (non-hydrogen) atoms. The van der Waals surface area contributed by atoms with Crippen molar-refractivity contribution < 1.29 is 12.8 Å². The summed E-state index contributed by atoms with van der Waals surface area (Å²) < 4.78 is 30.1. The molecule has 1 heterocycles. The van der Waals surface area contributed by atoms with Gasteiger partial charge in [0.1, 0.15) is 5.76 Å². The molecule has 0 aliphatic heterocycles. The molecule has 0 radical (unpaired) electrons. The first-order chi connectivity index (χ1) is 9.27. The Hall–Kier alpha value is -0.790. The Kier molecular flexibility index (Phi) is 4.61. The highest BCUT2D eigenvalue weighted by Gasteiger charge is 2.10. The first-order valence-corrected chi connectivity index (χ1v) is 9.23. The molecule has 1 N–H and O–H groups in total. The molecule has 0 saturated heterocycles. The molecule has 0 fully saturated rings. The maximum absolute atomic E-state index is 11.6. The van der Waals surface area contributed by atoms with Gasteiger partial charge < -0.3 is 9.73 Å². The van der Waals surface area contributed by atoms with Gasteiger partial charge in [0.15, 0.2) is 14.5 Å². The Bertz CT molecular complexity index is 719. The van der Waals surface area contributed by atoms with Gasteiger partial charge in [-0.05, 0) is 62.5 Å². The van der Waals surface area contributed by atoms with Crippen LogP contribution in [-0.2, 0) is 16.4 Å². The van der Waals surface area contributed by atoms with Gasteiger partial charge in [-0.2, -0.15) is 0 Å². The Labute approximate surface area is 134 Å². The van der Waals surface area contributed by atoms with E-state index in [1.165, 1.54) is 6.26 Å². The van der Waals surface area contributed by atoms with Gasteiger partial charge >= 0.3 is 0 Å². The van der Waals surface area contributed by atoms with Crippen LogP contribution in [0.15, 0.2) is 42.7 Å². The molecule has 2 aromatic rings.